The lowest BCUT2D eigenvalue weighted by molar-refractivity contribution is 1.11. The molecule has 12 heavy (non-hydrogen) atoms. The smallest absolute Gasteiger partial charge is 0.0133 e. The molecule has 0 aliphatic rings. The highest BCUT2D eigenvalue weighted by Gasteiger charge is 1.92. The van der Waals surface area contributed by atoms with E-state index in [1.54, 1.807) is 0 Å². The van der Waals surface area contributed by atoms with Gasteiger partial charge in [0.1, 0.15) is 0 Å². The van der Waals surface area contributed by atoms with E-state index in [2.05, 4.69) is 26.8 Å². The van der Waals surface area contributed by atoms with E-state index in [0.717, 1.165) is 12.0 Å². The average molecular weight is 163 g/mol. The van der Waals surface area contributed by atoms with E-state index in [9.17, 15) is 0 Å². The number of rotatable bonds is 3. The first-order chi connectivity index (χ1) is 5.45. The Labute approximate surface area is 76.7 Å². The second kappa shape index (κ2) is 4.97. The van der Waals surface area contributed by atoms with Gasteiger partial charge in [0, 0.05) is 0 Å². The Morgan fingerprint density at radius 3 is 1.92 bits per heavy atom. The zero-order valence-corrected chi connectivity index (χ0v) is 8.86. The Balaban J connectivity index is 4.24. The summed E-state index contributed by atoms with van der Waals surface area (Å²) in [5.74, 6) is 0. The van der Waals surface area contributed by atoms with Crippen molar-refractivity contribution in [3.63, 3.8) is 0 Å². The molecule has 1 radical (unpaired) electrons. The SMILES string of the molecule is [CH]=C(C)C(C)=CCC(C)=C(C)C. The van der Waals surface area contributed by atoms with Gasteiger partial charge in [-0.15, -0.1) is 0 Å². The van der Waals surface area contributed by atoms with E-state index < -0.39 is 0 Å². The Morgan fingerprint density at radius 2 is 1.58 bits per heavy atom. The summed E-state index contributed by atoms with van der Waals surface area (Å²) in [5.41, 5.74) is 4.93. The van der Waals surface area contributed by atoms with E-state index in [4.69, 9.17) is 6.58 Å². The van der Waals surface area contributed by atoms with Gasteiger partial charge in [0.15, 0.2) is 0 Å². The molecule has 0 fully saturated rings. The van der Waals surface area contributed by atoms with Crippen LogP contribution in [0.2, 0.25) is 0 Å². The zero-order chi connectivity index (χ0) is 9.72. The van der Waals surface area contributed by atoms with Gasteiger partial charge < -0.3 is 0 Å². The van der Waals surface area contributed by atoms with Gasteiger partial charge in [-0.2, -0.15) is 0 Å². The first-order valence-corrected chi connectivity index (χ1v) is 4.34. The summed E-state index contributed by atoms with van der Waals surface area (Å²) in [4.78, 5) is 0. The van der Waals surface area contributed by atoms with Crippen LogP contribution in [0.1, 0.15) is 41.0 Å². The van der Waals surface area contributed by atoms with Crippen LogP contribution >= 0.6 is 0 Å². The minimum absolute atomic E-state index is 0.913. The van der Waals surface area contributed by atoms with Gasteiger partial charge in [-0.3, -0.25) is 0 Å². The number of allylic oxidation sites excluding steroid dienone is 5. The maximum atomic E-state index is 5.63. The summed E-state index contributed by atoms with van der Waals surface area (Å²) < 4.78 is 0. The molecule has 0 heteroatoms. The zero-order valence-electron chi connectivity index (χ0n) is 8.86. The van der Waals surface area contributed by atoms with Crippen molar-refractivity contribution in [1.82, 2.24) is 0 Å². The molecular formula is C12H19. The maximum Gasteiger partial charge on any atom is -0.0133 e. The van der Waals surface area contributed by atoms with Gasteiger partial charge in [0.25, 0.3) is 0 Å². The van der Waals surface area contributed by atoms with Crippen LogP contribution in [0, 0.1) is 6.58 Å². The molecule has 0 saturated carbocycles. The molecule has 0 N–H and O–H groups in total. The summed E-state index contributed by atoms with van der Waals surface area (Å²) in [5, 5.41) is 0. The van der Waals surface area contributed by atoms with E-state index in [-0.39, 0.29) is 0 Å². The molecule has 0 heterocycles. The van der Waals surface area contributed by atoms with Crippen molar-refractivity contribution >= 4 is 0 Å². The Morgan fingerprint density at radius 1 is 1.08 bits per heavy atom. The molecule has 0 spiro atoms. The third-order valence-corrected chi connectivity index (χ3v) is 2.19. The first-order valence-electron chi connectivity index (χ1n) is 4.34. The molecule has 0 amide bonds. The summed E-state index contributed by atoms with van der Waals surface area (Å²) in [6.07, 6.45) is 3.19. The highest BCUT2D eigenvalue weighted by atomic mass is 14.0. The molecule has 0 aromatic rings. The van der Waals surface area contributed by atoms with Crippen molar-refractivity contribution in [3.8, 4) is 0 Å². The van der Waals surface area contributed by atoms with Crippen molar-refractivity contribution in [1.29, 1.82) is 0 Å². The minimum atomic E-state index is 0.913. The lowest BCUT2D eigenvalue weighted by Gasteiger charge is -2.01. The highest BCUT2D eigenvalue weighted by Crippen LogP contribution is 2.12. The fraction of sp³-hybridized carbons (Fsp3) is 0.500. The lowest BCUT2D eigenvalue weighted by atomic mass is 10.1. The normalized spacial score (nSPS) is 11.2. The molecule has 0 aromatic carbocycles. The van der Waals surface area contributed by atoms with Crippen molar-refractivity contribution in [3.05, 3.63) is 34.9 Å². The van der Waals surface area contributed by atoms with Crippen molar-refractivity contribution in [2.75, 3.05) is 0 Å². The Kier molecular flexibility index (Phi) is 4.65. The molecule has 0 aromatic heterocycles. The van der Waals surface area contributed by atoms with Gasteiger partial charge in [-0.1, -0.05) is 29.4 Å². The van der Waals surface area contributed by atoms with Crippen molar-refractivity contribution < 1.29 is 0 Å². The van der Waals surface area contributed by atoms with Gasteiger partial charge in [-0.25, -0.2) is 0 Å². The summed E-state index contributed by atoms with van der Waals surface area (Å²) in [7, 11) is 0. The molecular weight excluding hydrogens is 144 g/mol. The molecule has 0 saturated heterocycles. The molecule has 0 nitrogen and oxygen atoms in total. The largest absolute Gasteiger partial charge is 0.0773 e. The average Bonchev–Trinajstić information content (AvgIpc) is 1.98. The van der Waals surface area contributed by atoms with Crippen molar-refractivity contribution in [2.24, 2.45) is 0 Å². The van der Waals surface area contributed by atoms with Gasteiger partial charge in [0.2, 0.25) is 0 Å². The molecule has 0 atom stereocenters. The van der Waals surface area contributed by atoms with E-state index in [0.29, 0.717) is 0 Å². The molecule has 0 bridgehead atoms. The van der Waals surface area contributed by atoms with Gasteiger partial charge in [0.05, 0.1) is 0 Å². The molecule has 67 valence electrons. The number of hydrogen-bond acceptors (Lipinski definition) is 0. The van der Waals surface area contributed by atoms with Crippen LogP contribution in [0.5, 0.6) is 0 Å². The van der Waals surface area contributed by atoms with Crippen LogP contribution in [0.3, 0.4) is 0 Å². The predicted molar refractivity (Wildman–Crippen MR) is 55.9 cm³/mol. The van der Waals surface area contributed by atoms with Gasteiger partial charge in [-0.05, 0) is 46.6 Å². The molecule has 0 aliphatic heterocycles. The third-order valence-electron chi connectivity index (χ3n) is 2.19. The summed E-state index contributed by atoms with van der Waals surface area (Å²) in [6, 6.07) is 0. The fourth-order valence-electron chi connectivity index (χ4n) is 0.671. The Hall–Kier alpha value is -0.780. The van der Waals surface area contributed by atoms with Gasteiger partial charge >= 0.3 is 0 Å². The second-order valence-electron chi connectivity index (χ2n) is 3.55. The summed E-state index contributed by atoms with van der Waals surface area (Å²) >= 11 is 0. The van der Waals surface area contributed by atoms with Crippen molar-refractivity contribution in [2.45, 2.75) is 41.0 Å². The lowest BCUT2D eigenvalue weighted by Crippen LogP contribution is -1.81. The third kappa shape index (κ3) is 4.17. The quantitative estimate of drug-likeness (QED) is 0.435. The van der Waals surface area contributed by atoms with Crippen LogP contribution in [0.4, 0.5) is 0 Å². The van der Waals surface area contributed by atoms with Crippen LogP contribution < -0.4 is 0 Å². The standard InChI is InChI=1S/C12H19/c1-9(2)11(5)7-8-12(6)10(3)4/h1,7H,8H2,2-6H3. The second-order valence-corrected chi connectivity index (χ2v) is 3.55. The number of hydrogen-bond donors (Lipinski definition) is 0. The van der Waals surface area contributed by atoms with E-state index >= 15 is 0 Å². The molecule has 0 aliphatic carbocycles. The predicted octanol–water partition coefficient (Wildman–Crippen LogP) is 4.06. The monoisotopic (exact) mass is 163 g/mol. The highest BCUT2D eigenvalue weighted by molar-refractivity contribution is 5.24. The molecule has 0 unspecified atom stereocenters. The topological polar surface area (TPSA) is 0 Å². The minimum Gasteiger partial charge on any atom is -0.0773 e. The molecule has 0 rings (SSSR count). The van der Waals surface area contributed by atoms with Crippen LogP contribution in [0.25, 0.3) is 0 Å². The summed E-state index contributed by atoms with van der Waals surface area (Å²) in [6.45, 7) is 16.0. The first kappa shape index (κ1) is 11.2. The maximum absolute atomic E-state index is 5.63. The van der Waals surface area contributed by atoms with E-state index in [1.165, 1.54) is 16.7 Å². The van der Waals surface area contributed by atoms with Crippen LogP contribution in [-0.2, 0) is 0 Å². The fourth-order valence-corrected chi connectivity index (χ4v) is 0.671. The van der Waals surface area contributed by atoms with Crippen LogP contribution in [0.15, 0.2) is 28.4 Å². The Bertz CT molecular complexity index is 222. The van der Waals surface area contributed by atoms with E-state index in [1.807, 2.05) is 13.8 Å². The van der Waals surface area contributed by atoms with Crippen LogP contribution in [-0.4, -0.2) is 0 Å².